The number of hydrogen-bond donors (Lipinski definition) is 1. The highest BCUT2D eigenvalue weighted by Crippen LogP contribution is 2.60. The SMILES string of the molecule is COc1ccc([Si](C)(C)[C@@H]2[C@@H](CC(=O)N3CCC[C@H]3CO)O[C@]3(C(=O)N(Cc4cccc(N5CCCC5=O)c4)c4ccc(Br)cc43)[C@H]2C)cc1. The van der Waals surface area contributed by atoms with E-state index in [1.54, 1.807) is 7.11 Å². The smallest absolute Gasteiger partial charge is 0.264 e. The fourth-order valence-electron chi connectivity index (χ4n) is 9.21. The van der Waals surface area contributed by atoms with Crippen LogP contribution in [-0.2, 0) is 31.3 Å². The number of halogens is 1. The van der Waals surface area contributed by atoms with E-state index < -0.39 is 19.8 Å². The molecular weight excluding hydrogens is 714 g/mol. The van der Waals surface area contributed by atoms with Gasteiger partial charge in [-0.15, -0.1) is 0 Å². The largest absolute Gasteiger partial charge is 0.497 e. The quantitative estimate of drug-likeness (QED) is 0.281. The minimum absolute atomic E-state index is 0.0367. The first kappa shape index (κ1) is 34.9. The molecule has 0 radical (unpaired) electrons. The number of benzene rings is 3. The second-order valence-corrected chi connectivity index (χ2v) is 20.4. The number of carbonyl (C=O) groups is 3. The van der Waals surface area contributed by atoms with Gasteiger partial charge in [0.05, 0.1) is 52.6 Å². The van der Waals surface area contributed by atoms with Crippen LogP contribution in [0.15, 0.2) is 71.2 Å². The lowest BCUT2D eigenvalue weighted by Gasteiger charge is -2.37. The maximum atomic E-state index is 15.2. The van der Waals surface area contributed by atoms with Crippen molar-refractivity contribution >= 4 is 58.3 Å². The molecule has 9 nitrogen and oxygen atoms in total. The van der Waals surface area contributed by atoms with Crippen LogP contribution in [0.3, 0.4) is 0 Å². The topological polar surface area (TPSA) is 99.6 Å². The van der Waals surface area contributed by atoms with E-state index in [4.69, 9.17) is 9.47 Å². The highest BCUT2D eigenvalue weighted by atomic mass is 79.9. The van der Waals surface area contributed by atoms with E-state index in [2.05, 4.69) is 48.1 Å². The third-order valence-corrected chi connectivity index (χ3v) is 16.6. The minimum Gasteiger partial charge on any atom is -0.497 e. The van der Waals surface area contributed by atoms with Gasteiger partial charge in [0.2, 0.25) is 11.8 Å². The van der Waals surface area contributed by atoms with E-state index >= 15 is 4.79 Å². The third kappa shape index (κ3) is 5.80. The zero-order valence-corrected chi connectivity index (χ0v) is 31.8. The first-order chi connectivity index (χ1) is 24.0. The van der Waals surface area contributed by atoms with Crippen molar-refractivity contribution in [3.63, 3.8) is 0 Å². The Morgan fingerprint density at radius 3 is 2.54 bits per heavy atom. The highest BCUT2D eigenvalue weighted by Gasteiger charge is 2.66. The maximum absolute atomic E-state index is 15.2. The van der Waals surface area contributed by atoms with Gasteiger partial charge in [0.25, 0.3) is 5.91 Å². The summed E-state index contributed by atoms with van der Waals surface area (Å²) in [6, 6.07) is 21.9. The number of amides is 3. The molecule has 0 aliphatic carbocycles. The van der Waals surface area contributed by atoms with Crippen LogP contribution in [0.5, 0.6) is 5.75 Å². The number of aliphatic hydroxyl groups excluding tert-OH is 1. The Balaban J connectivity index is 1.29. The van der Waals surface area contributed by atoms with Crippen molar-refractivity contribution in [3.8, 4) is 5.75 Å². The molecule has 264 valence electrons. The average molecular weight is 761 g/mol. The lowest BCUT2D eigenvalue weighted by molar-refractivity contribution is -0.150. The van der Waals surface area contributed by atoms with Crippen molar-refractivity contribution in [1.82, 2.24) is 4.90 Å². The molecule has 1 spiro atoms. The van der Waals surface area contributed by atoms with E-state index in [1.165, 1.54) is 5.19 Å². The zero-order valence-electron chi connectivity index (χ0n) is 29.2. The summed E-state index contributed by atoms with van der Waals surface area (Å²) in [6.45, 7) is 8.33. The van der Waals surface area contributed by atoms with Crippen LogP contribution in [0, 0.1) is 5.92 Å². The number of fused-ring (bicyclic) bond motifs is 2. The Kier molecular flexibility index (Phi) is 9.47. The number of carbonyl (C=O) groups excluding carboxylic acids is 3. The van der Waals surface area contributed by atoms with Crippen molar-refractivity contribution < 1.29 is 29.0 Å². The van der Waals surface area contributed by atoms with Crippen molar-refractivity contribution in [2.24, 2.45) is 5.92 Å². The summed E-state index contributed by atoms with van der Waals surface area (Å²) < 4.78 is 13.5. The highest BCUT2D eigenvalue weighted by molar-refractivity contribution is 9.10. The molecule has 3 aromatic carbocycles. The van der Waals surface area contributed by atoms with Gasteiger partial charge >= 0.3 is 0 Å². The predicted molar refractivity (Wildman–Crippen MR) is 199 cm³/mol. The van der Waals surface area contributed by atoms with Crippen LogP contribution in [0.1, 0.15) is 50.2 Å². The number of likely N-dealkylation sites (tertiary alicyclic amines) is 1. The summed E-state index contributed by atoms with van der Waals surface area (Å²) in [4.78, 5) is 47.2. The minimum atomic E-state index is -2.44. The summed E-state index contributed by atoms with van der Waals surface area (Å²) in [5.41, 5.74) is 1.99. The van der Waals surface area contributed by atoms with E-state index in [-0.39, 0.29) is 48.3 Å². The Morgan fingerprint density at radius 2 is 1.84 bits per heavy atom. The Labute approximate surface area is 303 Å². The molecule has 1 N–H and O–H groups in total. The van der Waals surface area contributed by atoms with Crippen LogP contribution in [0.4, 0.5) is 11.4 Å². The van der Waals surface area contributed by atoms with Crippen LogP contribution in [0.25, 0.3) is 0 Å². The first-order valence-corrected chi connectivity index (χ1v) is 21.6. The molecule has 4 heterocycles. The Hall–Kier alpha value is -3.51. The van der Waals surface area contributed by atoms with Gasteiger partial charge in [0.1, 0.15) is 5.75 Å². The molecule has 4 aliphatic heterocycles. The molecule has 0 bridgehead atoms. The van der Waals surface area contributed by atoms with Crippen molar-refractivity contribution in [3.05, 3.63) is 82.3 Å². The second kappa shape index (κ2) is 13.6. The van der Waals surface area contributed by atoms with Gasteiger partial charge < -0.3 is 29.3 Å². The Bertz CT molecular complexity index is 1800. The molecule has 50 heavy (non-hydrogen) atoms. The number of rotatable bonds is 9. The number of hydrogen-bond acceptors (Lipinski definition) is 6. The van der Waals surface area contributed by atoms with Crippen LogP contribution >= 0.6 is 15.9 Å². The van der Waals surface area contributed by atoms with Gasteiger partial charge in [-0.1, -0.05) is 65.4 Å². The summed E-state index contributed by atoms with van der Waals surface area (Å²) in [6.07, 6.45) is 2.66. The molecule has 3 amide bonds. The van der Waals surface area contributed by atoms with Crippen LogP contribution in [-0.4, -0.2) is 74.8 Å². The van der Waals surface area contributed by atoms with E-state index in [0.29, 0.717) is 26.1 Å². The number of anilines is 2. The third-order valence-electron chi connectivity index (χ3n) is 11.7. The van der Waals surface area contributed by atoms with Gasteiger partial charge in [0.15, 0.2) is 5.60 Å². The van der Waals surface area contributed by atoms with E-state index in [1.807, 2.05) is 69.3 Å². The van der Waals surface area contributed by atoms with E-state index in [0.717, 1.165) is 52.0 Å². The molecular formula is C39H46BrN3O6Si. The van der Waals surface area contributed by atoms with Crippen molar-refractivity contribution in [1.29, 1.82) is 0 Å². The van der Waals surface area contributed by atoms with E-state index in [9.17, 15) is 14.7 Å². The van der Waals surface area contributed by atoms with Crippen molar-refractivity contribution in [2.45, 2.75) is 82.0 Å². The number of ether oxygens (including phenoxy) is 2. The molecule has 0 aromatic heterocycles. The fraction of sp³-hybridized carbons (Fsp3) is 0.462. The number of methoxy groups -OCH3 is 1. The van der Waals surface area contributed by atoms with Crippen LogP contribution < -0.4 is 19.7 Å². The summed E-state index contributed by atoms with van der Waals surface area (Å²) in [7, 11) is -0.788. The maximum Gasteiger partial charge on any atom is 0.264 e. The predicted octanol–water partition coefficient (Wildman–Crippen LogP) is 5.72. The molecule has 4 aliphatic rings. The number of nitrogens with zero attached hydrogens (tertiary/aromatic N) is 3. The first-order valence-electron chi connectivity index (χ1n) is 17.7. The normalized spacial score (nSPS) is 26.4. The summed E-state index contributed by atoms with van der Waals surface area (Å²) in [5.74, 6) is 0.478. The second-order valence-electron chi connectivity index (χ2n) is 14.8. The lowest BCUT2D eigenvalue weighted by atomic mass is 9.82. The van der Waals surface area contributed by atoms with Gasteiger partial charge in [0, 0.05) is 41.2 Å². The average Bonchev–Trinajstić information content (AvgIpc) is 3.88. The van der Waals surface area contributed by atoms with Gasteiger partial charge in [-0.05, 0) is 72.8 Å². The Morgan fingerprint density at radius 1 is 1.06 bits per heavy atom. The summed E-state index contributed by atoms with van der Waals surface area (Å²) in [5, 5.41) is 11.2. The molecule has 3 aromatic rings. The van der Waals surface area contributed by atoms with Gasteiger partial charge in [-0.2, -0.15) is 0 Å². The number of aliphatic hydroxyl groups is 1. The standard InChI is InChI=1S/C39H46BrN3O6Si/c1-25-37(50(3,4)31-15-13-30(48-2)14-16-31)34(22-36(46)42-18-6-10-29(42)24-44)49-39(25)32-21-27(40)12-17-33(32)43(38(39)47)23-26-8-5-9-28(20-26)41-19-7-11-35(41)45/h5,8-9,12-17,20-21,25,29,34,37,44H,6-7,10-11,18-19,22-24H2,1-4H3/t25-,29-,34+,37-,39+/m0/s1. The molecule has 7 rings (SSSR count). The monoisotopic (exact) mass is 759 g/mol. The molecule has 3 fully saturated rings. The molecule has 3 saturated heterocycles. The van der Waals surface area contributed by atoms with Gasteiger partial charge in [-0.3, -0.25) is 14.4 Å². The molecule has 5 atom stereocenters. The summed E-state index contributed by atoms with van der Waals surface area (Å²) >= 11 is 3.68. The fourth-order valence-corrected chi connectivity index (χ4v) is 13.6. The molecule has 0 saturated carbocycles. The van der Waals surface area contributed by atoms with Gasteiger partial charge in [-0.25, -0.2) is 0 Å². The van der Waals surface area contributed by atoms with Crippen LogP contribution in [0.2, 0.25) is 18.6 Å². The lowest BCUT2D eigenvalue weighted by Crippen LogP contribution is -2.52. The molecule has 11 heteroatoms. The zero-order chi connectivity index (χ0) is 35.4. The molecule has 0 unspecified atom stereocenters. The van der Waals surface area contributed by atoms with Crippen molar-refractivity contribution in [2.75, 3.05) is 36.6 Å².